The minimum absolute atomic E-state index is 0.0116. The molecule has 0 aliphatic carbocycles. The Morgan fingerprint density at radius 3 is 2.62 bits per heavy atom. The molecule has 196 valence electrons. The second-order valence-electron chi connectivity index (χ2n) is 8.84. The van der Waals surface area contributed by atoms with Gasteiger partial charge in [-0.2, -0.15) is 13.2 Å². The van der Waals surface area contributed by atoms with Crippen LogP contribution in [0.25, 0.3) is 17.2 Å². The molecule has 1 unspecified atom stereocenters. The van der Waals surface area contributed by atoms with Gasteiger partial charge >= 0.3 is 6.18 Å². The first kappa shape index (κ1) is 24.2. The Labute approximate surface area is 216 Å². The lowest BCUT2D eigenvalue weighted by Gasteiger charge is -2.23. The molecule has 4 aromatic heterocycles. The van der Waals surface area contributed by atoms with E-state index in [4.69, 9.17) is 10.5 Å². The number of ether oxygens (including phenoxy) is 1. The molecule has 0 bridgehead atoms. The molecule has 1 aromatic carbocycles. The number of nitrogen functional groups attached to an aromatic ring is 1. The number of hydrogen-bond acceptors (Lipinski definition) is 8. The van der Waals surface area contributed by atoms with Crippen LogP contribution in [0.5, 0.6) is 11.6 Å². The normalized spacial score (nSPS) is 16.8. The third kappa shape index (κ3) is 3.96. The predicted octanol–water partition coefficient (Wildman–Crippen LogP) is 4.37. The van der Waals surface area contributed by atoms with Crippen molar-refractivity contribution in [3.05, 3.63) is 83.8 Å². The fourth-order valence-electron chi connectivity index (χ4n) is 4.40. The number of benzene rings is 1. The van der Waals surface area contributed by atoms with E-state index >= 15 is 0 Å². The van der Waals surface area contributed by atoms with Crippen molar-refractivity contribution in [1.82, 2.24) is 29.3 Å². The molecule has 0 fully saturated rings. The highest BCUT2D eigenvalue weighted by Gasteiger charge is 2.47. The molecule has 6 rings (SSSR count). The highest BCUT2D eigenvalue weighted by Crippen LogP contribution is 2.45. The van der Waals surface area contributed by atoms with Gasteiger partial charge in [0, 0.05) is 24.8 Å². The summed E-state index contributed by atoms with van der Waals surface area (Å²) in [6.45, 7) is 1.63. The Hall–Kier alpha value is -5.14. The van der Waals surface area contributed by atoms with Crippen molar-refractivity contribution in [2.75, 3.05) is 11.1 Å². The molecular weight excluding hydrogens is 520 g/mol. The summed E-state index contributed by atoms with van der Waals surface area (Å²) in [4.78, 5) is 34.0. The minimum atomic E-state index is -4.62. The predicted molar refractivity (Wildman–Crippen MR) is 129 cm³/mol. The molecule has 1 aliphatic rings. The monoisotopic (exact) mass is 536 g/mol. The average Bonchev–Trinajstić information content (AvgIpc) is 3.47. The average molecular weight is 536 g/mol. The summed E-state index contributed by atoms with van der Waals surface area (Å²) in [6, 6.07) is 6.23. The van der Waals surface area contributed by atoms with E-state index in [2.05, 4.69) is 30.2 Å². The maximum atomic E-state index is 13.5. The van der Waals surface area contributed by atoms with Crippen LogP contribution in [-0.4, -0.2) is 35.2 Å². The Morgan fingerprint density at radius 2 is 1.87 bits per heavy atom. The first-order valence-corrected chi connectivity index (χ1v) is 11.3. The fourth-order valence-corrected chi connectivity index (χ4v) is 4.40. The summed E-state index contributed by atoms with van der Waals surface area (Å²) < 4.78 is 60.1. The number of alkyl halides is 3. The second-order valence-corrected chi connectivity index (χ2v) is 8.84. The zero-order valence-electron chi connectivity index (χ0n) is 19.9. The van der Waals surface area contributed by atoms with Gasteiger partial charge in [-0.25, -0.2) is 24.3 Å². The summed E-state index contributed by atoms with van der Waals surface area (Å²) in [6.07, 6.45) is 1.71. The van der Waals surface area contributed by atoms with Gasteiger partial charge < -0.3 is 20.2 Å². The third-order valence-electron chi connectivity index (χ3n) is 6.37. The maximum Gasteiger partial charge on any atom is 0.418 e. The van der Waals surface area contributed by atoms with Crippen molar-refractivity contribution < 1.29 is 27.1 Å². The lowest BCUT2D eigenvalue weighted by atomic mass is 9.78. The molecule has 1 amide bonds. The number of carbonyl (C=O) groups is 1. The van der Waals surface area contributed by atoms with Crippen LogP contribution >= 0.6 is 0 Å². The maximum absolute atomic E-state index is 13.5. The van der Waals surface area contributed by atoms with Crippen LogP contribution in [0.15, 0.2) is 61.3 Å². The number of halogens is 4. The fraction of sp³-hybridized carbons (Fsp3) is 0.120. The van der Waals surface area contributed by atoms with Crippen molar-refractivity contribution in [3.8, 4) is 23.1 Å². The number of aromatic nitrogens is 6. The minimum Gasteiger partial charge on any atom is -0.434 e. The highest BCUT2D eigenvalue weighted by atomic mass is 19.4. The van der Waals surface area contributed by atoms with Crippen molar-refractivity contribution >= 4 is 23.2 Å². The Bertz CT molecular complexity index is 1770. The molecule has 0 saturated carbocycles. The Kier molecular flexibility index (Phi) is 5.24. The lowest BCUT2D eigenvalue weighted by molar-refractivity contribution is -0.138. The molecule has 5 aromatic rings. The number of imidazole rings is 1. The lowest BCUT2D eigenvalue weighted by Crippen LogP contribution is -2.33. The Morgan fingerprint density at radius 1 is 1.10 bits per heavy atom. The van der Waals surface area contributed by atoms with Crippen LogP contribution < -0.4 is 15.8 Å². The zero-order chi connectivity index (χ0) is 27.5. The zero-order valence-corrected chi connectivity index (χ0v) is 19.9. The van der Waals surface area contributed by atoms with Gasteiger partial charge in [0.15, 0.2) is 5.82 Å². The third-order valence-corrected chi connectivity index (χ3v) is 6.37. The molecule has 10 nitrogen and oxygen atoms in total. The number of hydrogen-bond donors (Lipinski definition) is 2. The van der Waals surface area contributed by atoms with E-state index < -0.39 is 28.9 Å². The number of nitrogens with two attached hydrogens (primary N) is 1. The SMILES string of the molecule is CC1(c2ccc(F)cc2)C(=O)Nc2nc(-c3cn4ccnc4c(Oc4cncc(C(F)(F)F)c4)n3)nc(N)c21. The molecule has 5 heterocycles. The van der Waals surface area contributed by atoms with E-state index in [1.165, 1.54) is 41.1 Å². The first-order chi connectivity index (χ1) is 18.5. The summed E-state index contributed by atoms with van der Waals surface area (Å²) in [5, 5.41) is 2.70. The van der Waals surface area contributed by atoms with Crippen molar-refractivity contribution in [2.24, 2.45) is 0 Å². The molecule has 0 radical (unpaired) electrons. The van der Waals surface area contributed by atoms with Gasteiger partial charge in [0.2, 0.25) is 11.6 Å². The Balaban J connectivity index is 1.43. The number of anilines is 2. The van der Waals surface area contributed by atoms with E-state index in [1.807, 2.05) is 0 Å². The molecule has 1 aliphatic heterocycles. The standard InChI is InChI=1S/C25H16F4N8O2/c1-24(12-2-4-14(26)5-3-12)17-18(30)34-19(35-20(17)36-23(24)38)16-11-37-7-6-32-21(37)22(33-16)39-15-8-13(9-31-10-15)25(27,28)29/h2-11H,1H3,(H3,30,34,35,36,38). The van der Waals surface area contributed by atoms with E-state index in [1.54, 1.807) is 13.1 Å². The van der Waals surface area contributed by atoms with E-state index in [0.717, 1.165) is 12.3 Å². The van der Waals surface area contributed by atoms with Gasteiger partial charge in [-0.15, -0.1) is 0 Å². The van der Waals surface area contributed by atoms with Gasteiger partial charge in [0.05, 0.1) is 17.3 Å². The summed E-state index contributed by atoms with van der Waals surface area (Å²) in [5.41, 5.74) is 5.20. The van der Waals surface area contributed by atoms with Crippen LogP contribution in [0.1, 0.15) is 23.6 Å². The van der Waals surface area contributed by atoms with Crippen LogP contribution in [0.2, 0.25) is 0 Å². The quantitative estimate of drug-likeness (QED) is 0.324. The van der Waals surface area contributed by atoms with Crippen LogP contribution in [0, 0.1) is 5.82 Å². The molecule has 1 atom stereocenters. The molecular formula is C25H16F4N8O2. The van der Waals surface area contributed by atoms with Gasteiger partial charge in [0.25, 0.3) is 5.88 Å². The number of nitrogens with zero attached hydrogens (tertiary/aromatic N) is 6. The second kappa shape index (κ2) is 8.44. The number of amides is 1. The number of rotatable bonds is 4. The van der Waals surface area contributed by atoms with Gasteiger partial charge in [-0.1, -0.05) is 12.1 Å². The van der Waals surface area contributed by atoms with Crippen molar-refractivity contribution in [2.45, 2.75) is 18.5 Å². The van der Waals surface area contributed by atoms with Crippen LogP contribution in [0.3, 0.4) is 0 Å². The number of pyridine rings is 1. The van der Waals surface area contributed by atoms with E-state index in [-0.39, 0.29) is 40.4 Å². The molecule has 14 heteroatoms. The number of fused-ring (bicyclic) bond motifs is 2. The van der Waals surface area contributed by atoms with Crippen LogP contribution in [-0.2, 0) is 16.4 Å². The first-order valence-electron chi connectivity index (χ1n) is 11.3. The van der Waals surface area contributed by atoms with Crippen LogP contribution in [0.4, 0.5) is 29.2 Å². The number of carbonyl (C=O) groups excluding carboxylic acids is 1. The molecule has 0 spiro atoms. The van der Waals surface area contributed by atoms with E-state index in [0.29, 0.717) is 17.3 Å². The smallest absolute Gasteiger partial charge is 0.418 e. The largest absolute Gasteiger partial charge is 0.434 e. The topological polar surface area (TPSA) is 133 Å². The van der Waals surface area contributed by atoms with Gasteiger partial charge in [0.1, 0.15) is 34.3 Å². The van der Waals surface area contributed by atoms with Gasteiger partial charge in [-0.05, 0) is 30.7 Å². The highest BCUT2D eigenvalue weighted by molar-refractivity contribution is 6.09. The molecule has 0 saturated heterocycles. The molecule has 3 N–H and O–H groups in total. The molecule has 39 heavy (non-hydrogen) atoms. The summed E-state index contributed by atoms with van der Waals surface area (Å²) >= 11 is 0. The summed E-state index contributed by atoms with van der Waals surface area (Å²) in [7, 11) is 0. The number of nitrogens with one attached hydrogen (secondary N) is 1. The van der Waals surface area contributed by atoms with Crippen molar-refractivity contribution in [1.29, 1.82) is 0 Å². The van der Waals surface area contributed by atoms with Gasteiger partial charge in [-0.3, -0.25) is 9.78 Å². The summed E-state index contributed by atoms with van der Waals surface area (Å²) in [5.74, 6) is -1.10. The van der Waals surface area contributed by atoms with Crippen molar-refractivity contribution in [3.63, 3.8) is 0 Å². The van der Waals surface area contributed by atoms with E-state index in [9.17, 15) is 22.4 Å².